The fourth-order valence-electron chi connectivity index (χ4n) is 2.77. The van der Waals surface area contributed by atoms with Gasteiger partial charge in [0.1, 0.15) is 5.75 Å². The molecule has 0 unspecified atom stereocenters. The molecule has 4 aromatic rings. The molecule has 10 heteroatoms. The SMILES string of the molecule is NS(=O)(=O)c1nn2cc(-c3ccc(OCCCOCc4ccccc4)cc3)nc2s1. The van der Waals surface area contributed by atoms with E-state index >= 15 is 0 Å². The third kappa shape index (κ3) is 5.03. The molecule has 0 fully saturated rings. The van der Waals surface area contributed by atoms with Gasteiger partial charge in [0.2, 0.25) is 9.30 Å². The number of nitrogens with two attached hydrogens (primary N) is 1. The maximum atomic E-state index is 11.4. The summed E-state index contributed by atoms with van der Waals surface area (Å²) in [5.74, 6) is 0.762. The zero-order chi connectivity index (χ0) is 21.0. The van der Waals surface area contributed by atoms with Gasteiger partial charge in [-0.3, -0.25) is 0 Å². The number of aromatic nitrogens is 3. The van der Waals surface area contributed by atoms with Gasteiger partial charge in [0.25, 0.3) is 10.0 Å². The number of sulfonamides is 1. The van der Waals surface area contributed by atoms with Crippen molar-refractivity contribution in [1.29, 1.82) is 0 Å². The molecule has 0 bridgehead atoms. The monoisotopic (exact) mass is 444 g/mol. The van der Waals surface area contributed by atoms with Gasteiger partial charge in [-0.15, -0.1) is 5.10 Å². The van der Waals surface area contributed by atoms with Crippen LogP contribution in [0.4, 0.5) is 0 Å². The summed E-state index contributed by atoms with van der Waals surface area (Å²) in [6, 6.07) is 17.6. The summed E-state index contributed by atoms with van der Waals surface area (Å²) < 4.78 is 35.4. The van der Waals surface area contributed by atoms with E-state index in [0.29, 0.717) is 30.5 Å². The van der Waals surface area contributed by atoms with Crippen LogP contribution in [0.3, 0.4) is 0 Å². The molecule has 0 saturated carbocycles. The summed E-state index contributed by atoms with van der Waals surface area (Å²) in [4.78, 5) is 4.87. The summed E-state index contributed by atoms with van der Waals surface area (Å²) in [5, 5.41) is 9.05. The van der Waals surface area contributed by atoms with Crippen molar-refractivity contribution in [1.82, 2.24) is 14.6 Å². The highest BCUT2D eigenvalue weighted by molar-refractivity contribution is 7.91. The highest BCUT2D eigenvalue weighted by Crippen LogP contribution is 2.25. The first-order valence-corrected chi connectivity index (χ1v) is 11.6. The van der Waals surface area contributed by atoms with E-state index in [1.807, 2.05) is 54.6 Å². The lowest BCUT2D eigenvalue weighted by Gasteiger charge is -2.07. The molecule has 0 aliphatic carbocycles. The van der Waals surface area contributed by atoms with Crippen LogP contribution in [0, 0.1) is 0 Å². The van der Waals surface area contributed by atoms with Gasteiger partial charge in [0.15, 0.2) is 0 Å². The molecule has 0 saturated heterocycles. The third-order valence-electron chi connectivity index (χ3n) is 4.23. The zero-order valence-electron chi connectivity index (χ0n) is 16.0. The predicted octanol–water partition coefficient (Wildman–Crippen LogP) is 3.09. The number of rotatable bonds is 9. The van der Waals surface area contributed by atoms with E-state index < -0.39 is 10.0 Å². The Balaban J connectivity index is 1.26. The van der Waals surface area contributed by atoms with Gasteiger partial charge in [0.05, 0.1) is 31.7 Å². The fourth-order valence-corrected chi connectivity index (χ4v) is 4.28. The summed E-state index contributed by atoms with van der Waals surface area (Å²) in [5.41, 5.74) is 2.73. The Labute approximate surface area is 177 Å². The van der Waals surface area contributed by atoms with Crippen molar-refractivity contribution in [2.24, 2.45) is 5.14 Å². The average Bonchev–Trinajstić information content (AvgIpc) is 3.31. The predicted molar refractivity (Wildman–Crippen MR) is 114 cm³/mol. The fraction of sp³-hybridized carbons (Fsp3) is 0.200. The van der Waals surface area contributed by atoms with E-state index in [9.17, 15) is 8.42 Å². The van der Waals surface area contributed by atoms with Gasteiger partial charge in [-0.05, 0) is 29.8 Å². The number of imidazole rings is 1. The molecular weight excluding hydrogens is 424 g/mol. The van der Waals surface area contributed by atoms with Crippen LogP contribution >= 0.6 is 11.3 Å². The van der Waals surface area contributed by atoms with Crippen LogP contribution in [0.15, 0.2) is 65.1 Å². The maximum Gasteiger partial charge on any atom is 0.267 e. The molecule has 0 spiro atoms. The number of hydrogen-bond acceptors (Lipinski definition) is 7. The van der Waals surface area contributed by atoms with Crippen LogP contribution in [0.5, 0.6) is 5.75 Å². The largest absolute Gasteiger partial charge is 0.494 e. The van der Waals surface area contributed by atoms with Crippen LogP contribution in [0.2, 0.25) is 0 Å². The molecule has 2 heterocycles. The van der Waals surface area contributed by atoms with E-state index in [2.05, 4.69) is 10.1 Å². The van der Waals surface area contributed by atoms with Gasteiger partial charge >= 0.3 is 0 Å². The average molecular weight is 445 g/mol. The molecular formula is C20H20N4O4S2. The molecule has 2 aromatic heterocycles. The van der Waals surface area contributed by atoms with E-state index in [1.165, 1.54) is 4.52 Å². The highest BCUT2D eigenvalue weighted by atomic mass is 32.2. The van der Waals surface area contributed by atoms with Crippen molar-refractivity contribution < 1.29 is 17.9 Å². The Hall–Kier alpha value is -2.79. The molecule has 0 atom stereocenters. The topological polar surface area (TPSA) is 109 Å². The van der Waals surface area contributed by atoms with E-state index in [1.54, 1.807) is 6.20 Å². The van der Waals surface area contributed by atoms with E-state index in [0.717, 1.165) is 34.6 Å². The van der Waals surface area contributed by atoms with Crippen LogP contribution in [0.1, 0.15) is 12.0 Å². The third-order valence-corrected chi connectivity index (χ3v) is 6.46. The Bertz CT molecular complexity index is 1190. The second-order valence-corrected chi connectivity index (χ2v) is 9.22. The smallest absolute Gasteiger partial charge is 0.267 e. The van der Waals surface area contributed by atoms with Crippen LogP contribution < -0.4 is 9.88 Å². The van der Waals surface area contributed by atoms with Crippen LogP contribution in [0.25, 0.3) is 16.2 Å². The van der Waals surface area contributed by atoms with Gasteiger partial charge < -0.3 is 9.47 Å². The molecule has 0 amide bonds. The molecule has 0 radical (unpaired) electrons. The summed E-state index contributed by atoms with van der Waals surface area (Å²) in [6.45, 7) is 1.80. The van der Waals surface area contributed by atoms with Crippen molar-refractivity contribution in [3.63, 3.8) is 0 Å². The number of ether oxygens (including phenoxy) is 2. The van der Waals surface area contributed by atoms with Crippen molar-refractivity contribution in [2.75, 3.05) is 13.2 Å². The molecule has 0 aliphatic rings. The van der Waals surface area contributed by atoms with Crippen molar-refractivity contribution in [3.8, 4) is 17.0 Å². The standard InChI is InChI=1S/C20H20N4O4S2/c21-30(25,26)20-23-24-13-18(22-19(24)29-20)16-7-9-17(10-8-16)28-12-4-11-27-14-15-5-2-1-3-6-15/h1-3,5-10,13H,4,11-12,14H2,(H2,21,25,26). The van der Waals surface area contributed by atoms with Crippen LogP contribution in [-0.2, 0) is 21.4 Å². The zero-order valence-corrected chi connectivity index (χ0v) is 17.6. The number of primary sulfonamides is 1. The Morgan fingerprint density at radius 1 is 1.03 bits per heavy atom. The quantitative estimate of drug-likeness (QED) is 0.397. The van der Waals surface area contributed by atoms with Crippen molar-refractivity contribution in [3.05, 3.63) is 66.4 Å². The molecule has 2 N–H and O–H groups in total. The van der Waals surface area contributed by atoms with Crippen molar-refractivity contribution >= 4 is 26.3 Å². The lowest BCUT2D eigenvalue weighted by Crippen LogP contribution is -2.12. The minimum atomic E-state index is -3.83. The minimum absolute atomic E-state index is 0.159. The van der Waals surface area contributed by atoms with E-state index in [4.69, 9.17) is 14.6 Å². The summed E-state index contributed by atoms with van der Waals surface area (Å²) >= 11 is 0.930. The summed E-state index contributed by atoms with van der Waals surface area (Å²) in [7, 11) is -3.83. The molecule has 0 aliphatic heterocycles. The lowest BCUT2D eigenvalue weighted by atomic mass is 10.2. The first-order valence-electron chi connectivity index (χ1n) is 9.23. The maximum absolute atomic E-state index is 11.4. The van der Waals surface area contributed by atoms with Gasteiger partial charge in [-0.2, -0.15) is 0 Å². The molecule has 8 nitrogen and oxygen atoms in total. The first-order chi connectivity index (χ1) is 14.5. The number of fused-ring (bicyclic) bond motifs is 1. The Morgan fingerprint density at radius 2 is 1.80 bits per heavy atom. The minimum Gasteiger partial charge on any atom is -0.494 e. The Morgan fingerprint density at radius 3 is 2.50 bits per heavy atom. The highest BCUT2D eigenvalue weighted by Gasteiger charge is 2.17. The number of benzene rings is 2. The lowest BCUT2D eigenvalue weighted by molar-refractivity contribution is 0.107. The van der Waals surface area contributed by atoms with Gasteiger partial charge in [-0.25, -0.2) is 23.1 Å². The van der Waals surface area contributed by atoms with Crippen LogP contribution in [-0.4, -0.2) is 36.2 Å². The molecule has 2 aromatic carbocycles. The molecule has 156 valence electrons. The normalized spacial score (nSPS) is 11.8. The van der Waals surface area contributed by atoms with Gasteiger partial charge in [-0.1, -0.05) is 41.7 Å². The second-order valence-electron chi connectivity index (χ2n) is 6.53. The van der Waals surface area contributed by atoms with Gasteiger partial charge in [0, 0.05) is 12.0 Å². The molecule has 4 rings (SSSR count). The molecule has 30 heavy (non-hydrogen) atoms. The summed E-state index contributed by atoms with van der Waals surface area (Å²) in [6.07, 6.45) is 2.46. The van der Waals surface area contributed by atoms with E-state index in [-0.39, 0.29) is 4.34 Å². The number of nitrogens with zero attached hydrogens (tertiary/aromatic N) is 3. The second kappa shape index (κ2) is 8.92. The van der Waals surface area contributed by atoms with Crippen molar-refractivity contribution in [2.45, 2.75) is 17.4 Å². The number of hydrogen-bond donors (Lipinski definition) is 1. The Kier molecular flexibility index (Phi) is 6.09. The first kappa shape index (κ1) is 20.5.